The zero-order chi connectivity index (χ0) is 22.1. The fraction of sp³-hybridized carbons (Fsp3) is 0.250. The first-order valence-corrected chi connectivity index (χ1v) is 10.4. The molecule has 162 valence electrons. The number of benzene rings is 2. The molecule has 0 aliphatic heterocycles. The first kappa shape index (κ1) is 22.4. The summed E-state index contributed by atoms with van der Waals surface area (Å²) in [5.74, 6) is 2.23. The van der Waals surface area contributed by atoms with E-state index in [9.17, 15) is 0 Å². The number of anilines is 1. The first-order valence-electron chi connectivity index (χ1n) is 10.0. The highest BCUT2D eigenvalue weighted by molar-refractivity contribution is 7.80. The third-order valence-electron chi connectivity index (χ3n) is 4.64. The molecular weight excluding hydrogens is 410 g/mol. The minimum absolute atomic E-state index is 0.584. The Hall–Kier alpha value is -3.32. The first-order chi connectivity index (χ1) is 15.1. The average molecular weight is 438 g/mol. The zero-order valence-corrected chi connectivity index (χ0v) is 18.8. The maximum Gasteiger partial charge on any atom is 0.174 e. The summed E-state index contributed by atoms with van der Waals surface area (Å²) in [7, 11) is 3.25. The highest BCUT2D eigenvalue weighted by Crippen LogP contribution is 2.29. The van der Waals surface area contributed by atoms with Crippen molar-refractivity contribution < 1.29 is 14.2 Å². The van der Waals surface area contributed by atoms with E-state index in [1.165, 1.54) is 0 Å². The molecule has 3 aromatic rings. The number of ether oxygens (including phenoxy) is 3. The molecule has 0 unspecified atom stereocenters. The van der Waals surface area contributed by atoms with Gasteiger partial charge in [-0.3, -0.25) is 4.98 Å². The Morgan fingerprint density at radius 1 is 0.968 bits per heavy atom. The SMILES string of the molecule is CCOc1ccc(CN(Cc2cccnc2)C(=S)Nc2ccc(OC)cc2OC)cc1. The number of methoxy groups -OCH3 is 2. The van der Waals surface area contributed by atoms with E-state index in [1.54, 1.807) is 20.4 Å². The van der Waals surface area contributed by atoms with Crippen LogP contribution in [0.2, 0.25) is 0 Å². The van der Waals surface area contributed by atoms with Gasteiger partial charge < -0.3 is 24.4 Å². The number of rotatable bonds is 9. The highest BCUT2D eigenvalue weighted by atomic mass is 32.1. The second-order valence-electron chi connectivity index (χ2n) is 6.79. The molecule has 0 bridgehead atoms. The Bertz CT molecular complexity index is 981. The van der Waals surface area contributed by atoms with Crippen molar-refractivity contribution in [1.82, 2.24) is 9.88 Å². The van der Waals surface area contributed by atoms with Crippen molar-refractivity contribution in [3.63, 3.8) is 0 Å². The zero-order valence-electron chi connectivity index (χ0n) is 18.0. The normalized spacial score (nSPS) is 10.3. The molecule has 0 radical (unpaired) electrons. The molecule has 2 aromatic carbocycles. The largest absolute Gasteiger partial charge is 0.497 e. The van der Waals surface area contributed by atoms with Gasteiger partial charge in [-0.15, -0.1) is 0 Å². The van der Waals surface area contributed by atoms with E-state index in [2.05, 4.69) is 27.3 Å². The minimum Gasteiger partial charge on any atom is -0.497 e. The maximum atomic E-state index is 5.77. The molecule has 6 nitrogen and oxygen atoms in total. The molecule has 3 rings (SSSR count). The lowest BCUT2D eigenvalue weighted by molar-refractivity contribution is 0.340. The predicted octanol–water partition coefficient (Wildman–Crippen LogP) is 4.90. The second-order valence-corrected chi connectivity index (χ2v) is 7.18. The Morgan fingerprint density at radius 3 is 2.35 bits per heavy atom. The van der Waals surface area contributed by atoms with E-state index in [0.717, 1.165) is 28.3 Å². The van der Waals surface area contributed by atoms with Crippen molar-refractivity contribution in [2.75, 3.05) is 26.1 Å². The van der Waals surface area contributed by atoms with Crippen LogP contribution in [-0.2, 0) is 13.1 Å². The summed E-state index contributed by atoms with van der Waals surface area (Å²) in [5, 5.41) is 3.90. The van der Waals surface area contributed by atoms with Gasteiger partial charge in [0.2, 0.25) is 0 Å². The van der Waals surface area contributed by atoms with Crippen molar-refractivity contribution >= 4 is 23.0 Å². The molecule has 0 spiro atoms. The van der Waals surface area contributed by atoms with Gasteiger partial charge >= 0.3 is 0 Å². The molecule has 0 atom stereocenters. The predicted molar refractivity (Wildman–Crippen MR) is 127 cm³/mol. The van der Waals surface area contributed by atoms with Crippen LogP contribution in [0.1, 0.15) is 18.1 Å². The summed E-state index contributed by atoms with van der Waals surface area (Å²) in [6.07, 6.45) is 3.61. The third kappa shape index (κ3) is 6.33. The summed E-state index contributed by atoms with van der Waals surface area (Å²) in [4.78, 5) is 6.31. The van der Waals surface area contributed by atoms with Gasteiger partial charge in [-0.05, 0) is 60.6 Å². The lowest BCUT2D eigenvalue weighted by atomic mass is 10.2. The van der Waals surface area contributed by atoms with Crippen LogP contribution >= 0.6 is 12.2 Å². The molecule has 0 aliphatic carbocycles. The molecule has 0 aliphatic rings. The summed E-state index contributed by atoms with van der Waals surface area (Å²) in [6.45, 7) is 3.86. The molecule has 1 N–H and O–H groups in total. The Balaban J connectivity index is 1.80. The van der Waals surface area contributed by atoms with Gasteiger partial charge in [-0.25, -0.2) is 0 Å². The van der Waals surface area contributed by atoms with Gasteiger partial charge in [0.1, 0.15) is 17.2 Å². The quantitative estimate of drug-likeness (QED) is 0.478. The summed E-state index contributed by atoms with van der Waals surface area (Å²) in [5.41, 5.74) is 2.97. The van der Waals surface area contributed by atoms with E-state index in [1.807, 2.05) is 55.6 Å². The van der Waals surface area contributed by atoms with E-state index in [-0.39, 0.29) is 0 Å². The van der Waals surface area contributed by atoms with Crippen molar-refractivity contribution in [3.05, 3.63) is 78.1 Å². The molecule has 1 heterocycles. The van der Waals surface area contributed by atoms with Crippen molar-refractivity contribution in [2.45, 2.75) is 20.0 Å². The number of aromatic nitrogens is 1. The van der Waals surface area contributed by atoms with Crippen LogP contribution in [0.4, 0.5) is 5.69 Å². The molecule has 0 amide bonds. The van der Waals surface area contributed by atoms with Crippen molar-refractivity contribution in [3.8, 4) is 17.2 Å². The number of pyridine rings is 1. The maximum absolute atomic E-state index is 5.77. The number of hydrogen-bond donors (Lipinski definition) is 1. The molecule has 31 heavy (non-hydrogen) atoms. The van der Waals surface area contributed by atoms with E-state index in [0.29, 0.717) is 30.6 Å². The van der Waals surface area contributed by atoms with Gasteiger partial charge in [0, 0.05) is 31.5 Å². The lowest BCUT2D eigenvalue weighted by Crippen LogP contribution is -2.34. The van der Waals surface area contributed by atoms with Crippen LogP contribution in [0, 0.1) is 0 Å². The minimum atomic E-state index is 0.584. The van der Waals surface area contributed by atoms with Crippen molar-refractivity contribution in [1.29, 1.82) is 0 Å². The van der Waals surface area contributed by atoms with Crippen LogP contribution < -0.4 is 19.5 Å². The van der Waals surface area contributed by atoms with E-state index >= 15 is 0 Å². The second kappa shape index (κ2) is 11.2. The Kier molecular flexibility index (Phi) is 8.06. The van der Waals surface area contributed by atoms with E-state index < -0.39 is 0 Å². The van der Waals surface area contributed by atoms with Crippen LogP contribution in [0.5, 0.6) is 17.2 Å². The van der Waals surface area contributed by atoms with Crippen molar-refractivity contribution in [2.24, 2.45) is 0 Å². The van der Waals surface area contributed by atoms with Gasteiger partial charge in [0.25, 0.3) is 0 Å². The lowest BCUT2D eigenvalue weighted by Gasteiger charge is -2.27. The fourth-order valence-electron chi connectivity index (χ4n) is 3.09. The standard InChI is InChI=1S/C24H27N3O3S/c1-4-30-20-9-7-18(8-10-20)16-27(17-19-6-5-13-25-15-19)24(31)26-22-12-11-21(28-2)14-23(22)29-3/h5-15H,4,16-17H2,1-3H3,(H,26,31). The molecule has 7 heteroatoms. The van der Waals surface area contributed by atoms with Crippen LogP contribution in [0.25, 0.3) is 0 Å². The van der Waals surface area contributed by atoms with E-state index in [4.69, 9.17) is 26.4 Å². The smallest absolute Gasteiger partial charge is 0.174 e. The third-order valence-corrected chi connectivity index (χ3v) is 5.00. The summed E-state index contributed by atoms with van der Waals surface area (Å²) in [6, 6.07) is 17.6. The topological polar surface area (TPSA) is 55.9 Å². The van der Waals surface area contributed by atoms with Crippen LogP contribution in [-0.4, -0.2) is 35.8 Å². The fourth-order valence-corrected chi connectivity index (χ4v) is 3.32. The molecule has 1 aromatic heterocycles. The van der Waals surface area contributed by atoms with Gasteiger partial charge in [-0.1, -0.05) is 18.2 Å². The Morgan fingerprint density at radius 2 is 1.71 bits per heavy atom. The van der Waals surface area contributed by atoms with Crippen LogP contribution in [0.15, 0.2) is 67.0 Å². The molecule has 0 saturated heterocycles. The number of hydrogen-bond acceptors (Lipinski definition) is 5. The number of nitrogens with one attached hydrogen (secondary N) is 1. The van der Waals surface area contributed by atoms with Gasteiger partial charge in [0.05, 0.1) is 26.5 Å². The van der Waals surface area contributed by atoms with Crippen LogP contribution in [0.3, 0.4) is 0 Å². The Labute approximate surface area is 188 Å². The number of thiocarbonyl (C=S) groups is 1. The number of nitrogens with zero attached hydrogens (tertiary/aromatic N) is 2. The summed E-state index contributed by atoms with van der Waals surface area (Å²) < 4.78 is 16.3. The monoisotopic (exact) mass is 437 g/mol. The molecule has 0 fully saturated rings. The highest BCUT2D eigenvalue weighted by Gasteiger charge is 2.14. The molecular formula is C24H27N3O3S. The average Bonchev–Trinajstić information content (AvgIpc) is 2.81. The van der Waals surface area contributed by atoms with Gasteiger partial charge in [0.15, 0.2) is 5.11 Å². The molecule has 0 saturated carbocycles. The van der Waals surface area contributed by atoms with Gasteiger partial charge in [-0.2, -0.15) is 0 Å². The summed E-state index contributed by atoms with van der Waals surface area (Å²) >= 11 is 5.77.